The number of hydrogen-bond acceptors (Lipinski definition) is 8. The average Bonchev–Trinajstić information content (AvgIpc) is 3.27. The van der Waals surface area contributed by atoms with Crippen molar-refractivity contribution in [2.45, 2.75) is 46.3 Å². The molecule has 5 nitrogen and oxygen atoms in total. The zero-order valence-electron chi connectivity index (χ0n) is 9.50. The van der Waals surface area contributed by atoms with E-state index in [0.717, 1.165) is 19.6 Å². The van der Waals surface area contributed by atoms with Gasteiger partial charge in [0.15, 0.2) is 8.68 Å². The summed E-state index contributed by atoms with van der Waals surface area (Å²) < 4.78 is 6.31. The van der Waals surface area contributed by atoms with Crippen molar-refractivity contribution >= 4 is 39.8 Å². The van der Waals surface area contributed by atoms with E-state index in [-0.39, 0.29) is 0 Å². The van der Waals surface area contributed by atoms with Crippen molar-refractivity contribution in [1.82, 2.24) is 19.6 Å². The molecule has 94 valence electrons. The van der Waals surface area contributed by atoms with Gasteiger partial charge in [0.1, 0.15) is 5.82 Å². The van der Waals surface area contributed by atoms with Crippen molar-refractivity contribution in [2.24, 2.45) is 0 Å². The van der Waals surface area contributed by atoms with Crippen LogP contribution in [-0.4, -0.2) is 25.6 Å². The van der Waals surface area contributed by atoms with E-state index in [4.69, 9.17) is 0 Å². The molecule has 0 spiro atoms. The number of aromatic nitrogens is 4. The SMILES string of the molecule is C1CC1Nc1nnc(Sc2nc(C3CC3)ns2)s1. The highest BCUT2D eigenvalue weighted by Crippen LogP contribution is 2.41. The van der Waals surface area contributed by atoms with Crippen LogP contribution in [0.2, 0.25) is 0 Å². The minimum absolute atomic E-state index is 0.622. The molecule has 1 N–H and O–H groups in total. The van der Waals surface area contributed by atoms with Crippen molar-refractivity contribution < 1.29 is 0 Å². The highest BCUT2D eigenvalue weighted by atomic mass is 32.2. The maximum absolute atomic E-state index is 4.54. The number of nitrogens with zero attached hydrogens (tertiary/aromatic N) is 4. The van der Waals surface area contributed by atoms with Crippen LogP contribution in [0.25, 0.3) is 0 Å². The Morgan fingerprint density at radius 2 is 2.00 bits per heavy atom. The van der Waals surface area contributed by atoms with Gasteiger partial charge in [0.25, 0.3) is 0 Å². The molecule has 4 rings (SSSR count). The van der Waals surface area contributed by atoms with Gasteiger partial charge in [-0.15, -0.1) is 10.2 Å². The van der Waals surface area contributed by atoms with Crippen LogP contribution in [0, 0.1) is 0 Å². The lowest BCUT2D eigenvalue weighted by molar-refractivity contribution is 0.955. The Bertz CT molecular complexity index is 557. The molecule has 0 aliphatic heterocycles. The van der Waals surface area contributed by atoms with Crippen molar-refractivity contribution in [2.75, 3.05) is 5.32 Å². The van der Waals surface area contributed by atoms with Crippen LogP contribution in [0.3, 0.4) is 0 Å². The summed E-state index contributed by atoms with van der Waals surface area (Å²) in [5.74, 6) is 1.64. The van der Waals surface area contributed by atoms with Gasteiger partial charge < -0.3 is 5.32 Å². The van der Waals surface area contributed by atoms with E-state index in [1.54, 1.807) is 23.1 Å². The third-order valence-corrected chi connectivity index (χ3v) is 5.52. The van der Waals surface area contributed by atoms with Crippen LogP contribution in [-0.2, 0) is 0 Å². The summed E-state index contributed by atoms with van der Waals surface area (Å²) >= 11 is 4.64. The van der Waals surface area contributed by atoms with Gasteiger partial charge >= 0.3 is 0 Å². The summed E-state index contributed by atoms with van der Waals surface area (Å²) in [5.41, 5.74) is 0. The van der Waals surface area contributed by atoms with Gasteiger partial charge in [0, 0.05) is 12.0 Å². The molecule has 0 radical (unpaired) electrons. The number of anilines is 1. The number of rotatable bonds is 5. The molecule has 0 amide bonds. The Labute approximate surface area is 117 Å². The Morgan fingerprint density at radius 3 is 2.78 bits per heavy atom. The zero-order valence-corrected chi connectivity index (χ0v) is 11.9. The molecule has 0 unspecified atom stereocenters. The van der Waals surface area contributed by atoms with Crippen LogP contribution in [0.5, 0.6) is 0 Å². The van der Waals surface area contributed by atoms with E-state index < -0.39 is 0 Å². The van der Waals surface area contributed by atoms with E-state index >= 15 is 0 Å². The van der Waals surface area contributed by atoms with E-state index in [9.17, 15) is 0 Å². The Morgan fingerprint density at radius 1 is 1.11 bits per heavy atom. The molecule has 2 fully saturated rings. The molecular formula is C10H11N5S3. The van der Waals surface area contributed by atoms with Gasteiger partial charge in [-0.2, -0.15) is 4.37 Å². The van der Waals surface area contributed by atoms with E-state index in [1.165, 1.54) is 37.2 Å². The fraction of sp³-hybridized carbons (Fsp3) is 0.600. The molecule has 8 heteroatoms. The van der Waals surface area contributed by atoms with Crippen LogP contribution >= 0.6 is 34.6 Å². The molecule has 2 heterocycles. The minimum Gasteiger partial charge on any atom is -0.357 e. The predicted octanol–water partition coefficient (Wildman–Crippen LogP) is 2.99. The van der Waals surface area contributed by atoms with E-state index in [1.807, 2.05) is 0 Å². The van der Waals surface area contributed by atoms with Crippen molar-refractivity contribution in [3.63, 3.8) is 0 Å². The standard InChI is InChI=1S/C10H11N5S3/c1-2-5(1)7-12-9(18-15-7)17-10-14-13-8(16-10)11-6-3-4-6/h5-6H,1-4H2,(H,11,13). The van der Waals surface area contributed by atoms with Gasteiger partial charge in [0.2, 0.25) is 5.13 Å². The lowest BCUT2D eigenvalue weighted by atomic mass is 10.4. The summed E-state index contributed by atoms with van der Waals surface area (Å²) in [5, 5.41) is 12.6. The van der Waals surface area contributed by atoms with Crippen LogP contribution in [0.1, 0.15) is 37.4 Å². The number of hydrogen-bond donors (Lipinski definition) is 1. The third-order valence-electron chi connectivity index (χ3n) is 2.85. The molecule has 2 aliphatic carbocycles. The lowest BCUT2D eigenvalue weighted by Gasteiger charge is -1.93. The molecule has 2 aliphatic rings. The maximum atomic E-state index is 4.54. The van der Waals surface area contributed by atoms with Gasteiger partial charge in [-0.05, 0) is 49.0 Å². The molecule has 0 atom stereocenters. The first kappa shape index (κ1) is 11.1. The van der Waals surface area contributed by atoms with Gasteiger partial charge in [0.05, 0.1) is 0 Å². The molecule has 2 aromatic heterocycles. The van der Waals surface area contributed by atoms with Crippen molar-refractivity contribution in [3.05, 3.63) is 5.82 Å². The van der Waals surface area contributed by atoms with Crippen LogP contribution in [0.15, 0.2) is 8.68 Å². The van der Waals surface area contributed by atoms with Crippen molar-refractivity contribution in [3.8, 4) is 0 Å². The highest BCUT2D eigenvalue weighted by Gasteiger charge is 2.28. The molecule has 0 saturated heterocycles. The van der Waals surface area contributed by atoms with E-state index in [0.29, 0.717) is 12.0 Å². The molecule has 18 heavy (non-hydrogen) atoms. The number of nitrogens with one attached hydrogen (secondary N) is 1. The fourth-order valence-electron chi connectivity index (χ4n) is 1.56. The third kappa shape index (κ3) is 2.50. The quantitative estimate of drug-likeness (QED) is 0.915. The summed E-state index contributed by atoms with van der Waals surface area (Å²) in [4.78, 5) is 4.54. The predicted molar refractivity (Wildman–Crippen MR) is 72.6 cm³/mol. The maximum Gasteiger partial charge on any atom is 0.206 e. The highest BCUT2D eigenvalue weighted by molar-refractivity contribution is 8.02. The summed E-state index contributed by atoms with van der Waals surface area (Å²) in [6, 6.07) is 0.624. The molecule has 2 aromatic rings. The second kappa shape index (κ2) is 4.43. The summed E-state index contributed by atoms with van der Waals surface area (Å²) in [6.45, 7) is 0. The topological polar surface area (TPSA) is 63.6 Å². The largest absolute Gasteiger partial charge is 0.357 e. The molecule has 0 bridgehead atoms. The Balaban J connectivity index is 1.43. The first-order chi connectivity index (χ1) is 8.87. The molecule has 0 aromatic carbocycles. The first-order valence-corrected chi connectivity index (χ1v) is 8.39. The second-order valence-corrected chi connectivity index (χ2v) is 7.81. The Hall–Kier alpha value is -0.730. The minimum atomic E-state index is 0.622. The second-order valence-electron chi connectivity index (χ2n) is 4.59. The normalized spacial score (nSPS) is 19.1. The average molecular weight is 297 g/mol. The lowest BCUT2D eigenvalue weighted by Crippen LogP contribution is -1.99. The fourth-order valence-corrected chi connectivity index (χ4v) is 4.27. The Kier molecular flexibility index (Phi) is 2.74. The summed E-state index contributed by atoms with van der Waals surface area (Å²) in [6.07, 6.45) is 5.00. The molecular weight excluding hydrogens is 286 g/mol. The van der Waals surface area contributed by atoms with E-state index in [2.05, 4.69) is 24.9 Å². The monoisotopic (exact) mass is 297 g/mol. The first-order valence-electron chi connectivity index (χ1n) is 5.98. The summed E-state index contributed by atoms with van der Waals surface area (Å²) in [7, 11) is 0. The van der Waals surface area contributed by atoms with Crippen molar-refractivity contribution in [1.29, 1.82) is 0 Å². The smallest absolute Gasteiger partial charge is 0.206 e. The zero-order chi connectivity index (χ0) is 11.9. The van der Waals surface area contributed by atoms with Crippen LogP contribution in [0.4, 0.5) is 5.13 Å². The van der Waals surface area contributed by atoms with Gasteiger partial charge in [-0.3, -0.25) is 0 Å². The molecule has 2 saturated carbocycles. The van der Waals surface area contributed by atoms with Crippen LogP contribution < -0.4 is 5.32 Å². The van der Waals surface area contributed by atoms with Gasteiger partial charge in [-0.25, -0.2) is 4.98 Å². The van der Waals surface area contributed by atoms with Gasteiger partial charge in [-0.1, -0.05) is 11.3 Å².